The number of β-amino-alcohol motifs (C(OH)–C–C–N with tert-alkyl or cyclic N) is 1. The van der Waals surface area contributed by atoms with Gasteiger partial charge in [0.1, 0.15) is 6.26 Å². The van der Waals surface area contributed by atoms with Gasteiger partial charge in [-0.25, -0.2) is 4.98 Å². The quantitative estimate of drug-likeness (QED) is 0.597. The van der Waals surface area contributed by atoms with Gasteiger partial charge in [0, 0.05) is 45.8 Å². The standard InChI is InChI=1S/C25H37N5O3/c1-20-7-9-28(10-8-20)16-22(31)17-29-11-13-30(14-12-29)18-24-27-23(19-33-24)25(32)26-15-21-5-3-2-4-6-21/h2-6,19-20,22,31H,7-18H2,1H3,(H,26,32). The highest BCUT2D eigenvalue weighted by molar-refractivity contribution is 5.91. The summed E-state index contributed by atoms with van der Waals surface area (Å²) in [5.74, 6) is 1.15. The first-order valence-electron chi connectivity index (χ1n) is 12.2. The number of aliphatic hydroxyl groups excluding tert-OH is 1. The van der Waals surface area contributed by atoms with Gasteiger partial charge < -0.3 is 19.7 Å². The van der Waals surface area contributed by atoms with E-state index in [1.165, 1.54) is 19.1 Å². The zero-order chi connectivity index (χ0) is 23.0. The van der Waals surface area contributed by atoms with Gasteiger partial charge in [-0.2, -0.15) is 0 Å². The van der Waals surface area contributed by atoms with E-state index in [1.807, 2.05) is 30.3 Å². The number of likely N-dealkylation sites (tertiary alicyclic amines) is 1. The molecule has 0 saturated carbocycles. The van der Waals surface area contributed by atoms with Gasteiger partial charge >= 0.3 is 0 Å². The smallest absolute Gasteiger partial charge is 0.273 e. The van der Waals surface area contributed by atoms with E-state index in [0.29, 0.717) is 24.7 Å². The Morgan fingerprint density at radius 2 is 1.70 bits per heavy atom. The Kier molecular flexibility index (Phi) is 8.50. The van der Waals surface area contributed by atoms with Crippen molar-refractivity contribution in [1.29, 1.82) is 0 Å². The average molecular weight is 456 g/mol. The molecule has 1 amide bonds. The molecule has 2 aliphatic heterocycles. The third kappa shape index (κ3) is 7.37. The van der Waals surface area contributed by atoms with Crippen LogP contribution >= 0.6 is 0 Å². The summed E-state index contributed by atoms with van der Waals surface area (Å²) < 4.78 is 5.55. The number of carbonyl (C=O) groups is 1. The first-order chi connectivity index (χ1) is 16.0. The molecular weight excluding hydrogens is 418 g/mol. The van der Waals surface area contributed by atoms with Crippen LogP contribution in [0.3, 0.4) is 0 Å². The molecule has 8 nitrogen and oxygen atoms in total. The van der Waals surface area contributed by atoms with Crippen LogP contribution in [-0.2, 0) is 13.1 Å². The van der Waals surface area contributed by atoms with Gasteiger partial charge in [0.25, 0.3) is 5.91 Å². The zero-order valence-corrected chi connectivity index (χ0v) is 19.7. The highest BCUT2D eigenvalue weighted by Crippen LogP contribution is 2.16. The lowest BCUT2D eigenvalue weighted by molar-refractivity contribution is 0.0401. The lowest BCUT2D eigenvalue weighted by Crippen LogP contribution is -2.50. The van der Waals surface area contributed by atoms with Crippen LogP contribution in [0.15, 0.2) is 41.0 Å². The summed E-state index contributed by atoms with van der Waals surface area (Å²) in [6, 6.07) is 9.80. The Balaban J connectivity index is 1.15. The third-order valence-corrected chi connectivity index (χ3v) is 6.72. The lowest BCUT2D eigenvalue weighted by Gasteiger charge is -2.36. The number of hydrogen-bond acceptors (Lipinski definition) is 7. The van der Waals surface area contributed by atoms with E-state index in [4.69, 9.17) is 4.42 Å². The molecule has 0 aliphatic carbocycles. The summed E-state index contributed by atoms with van der Waals surface area (Å²) in [6.45, 7) is 10.7. The van der Waals surface area contributed by atoms with Crippen molar-refractivity contribution in [3.05, 3.63) is 53.7 Å². The van der Waals surface area contributed by atoms with Gasteiger partial charge in [-0.05, 0) is 37.4 Å². The van der Waals surface area contributed by atoms with Crippen molar-refractivity contribution in [2.24, 2.45) is 5.92 Å². The molecule has 180 valence electrons. The van der Waals surface area contributed by atoms with Crippen molar-refractivity contribution in [3.8, 4) is 0 Å². The van der Waals surface area contributed by atoms with Crippen LogP contribution in [0.5, 0.6) is 0 Å². The van der Waals surface area contributed by atoms with Gasteiger partial charge in [0.2, 0.25) is 5.89 Å². The Labute approximate surface area is 196 Å². The Bertz CT molecular complexity index is 858. The van der Waals surface area contributed by atoms with Gasteiger partial charge in [-0.1, -0.05) is 37.3 Å². The highest BCUT2D eigenvalue weighted by Gasteiger charge is 2.23. The second-order valence-corrected chi connectivity index (χ2v) is 9.51. The second kappa shape index (κ2) is 11.7. The molecule has 2 saturated heterocycles. The van der Waals surface area contributed by atoms with Crippen molar-refractivity contribution in [3.63, 3.8) is 0 Å². The predicted octanol–water partition coefficient (Wildman–Crippen LogP) is 1.82. The minimum atomic E-state index is -0.298. The van der Waals surface area contributed by atoms with Crippen LogP contribution in [0.25, 0.3) is 0 Å². The van der Waals surface area contributed by atoms with Crippen LogP contribution in [0.1, 0.15) is 41.7 Å². The molecule has 33 heavy (non-hydrogen) atoms. The highest BCUT2D eigenvalue weighted by atomic mass is 16.3. The molecule has 2 fully saturated rings. The summed E-state index contributed by atoms with van der Waals surface area (Å²) in [7, 11) is 0. The fourth-order valence-electron chi connectivity index (χ4n) is 4.58. The molecule has 2 aliphatic rings. The number of rotatable bonds is 9. The first kappa shape index (κ1) is 23.9. The van der Waals surface area contributed by atoms with Crippen molar-refractivity contribution >= 4 is 5.91 Å². The van der Waals surface area contributed by atoms with Crippen molar-refractivity contribution in [2.45, 2.75) is 39.0 Å². The minimum absolute atomic E-state index is 0.226. The number of piperidine rings is 1. The van der Waals surface area contributed by atoms with Crippen LogP contribution < -0.4 is 5.32 Å². The molecule has 1 aromatic heterocycles. The second-order valence-electron chi connectivity index (χ2n) is 9.51. The lowest BCUT2D eigenvalue weighted by atomic mass is 9.99. The van der Waals surface area contributed by atoms with Crippen molar-refractivity contribution in [1.82, 2.24) is 25.0 Å². The van der Waals surface area contributed by atoms with Gasteiger partial charge in [0.05, 0.1) is 12.6 Å². The first-order valence-corrected chi connectivity index (χ1v) is 12.2. The van der Waals surface area contributed by atoms with Gasteiger partial charge in [-0.3, -0.25) is 14.6 Å². The molecule has 4 rings (SSSR count). The van der Waals surface area contributed by atoms with Crippen LogP contribution in [0.2, 0.25) is 0 Å². The Morgan fingerprint density at radius 1 is 1.06 bits per heavy atom. The number of amides is 1. The number of hydrogen-bond donors (Lipinski definition) is 2. The summed E-state index contributed by atoms with van der Waals surface area (Å²) in [5.41, 5.74) is 1.36. The van der Waals surface area contributed by atoms with Crippen molar-refractivity contribution in [2.75, 3.05) is 52.4 Å². The number of oxazole rings is 1. The normalized spacial score (nSPS) is 20.1. The summed E-state index contributed by atoms with van der Waals surface area (Å²) in [6.07, 6.45) is 3.61. The van der Waals surface area contributed by atoms with Crippen LogP contribution in [0.4, 0.5) is 0 Å². The maximum absolute atomic E-state index is 12.3. The molecule has 2 N–H and O–H groups in total. The number of piperazine rings is 1. The van der Waals surface area contributed by atoms with E-state index in [9.17, 15) is 9.90 Å². The number of benzene rings is 1. The number of nitrogens with zero attached hydrogens (tertiary/aromatic N) is 4. The van der Waals surface area contributed by atoms with E-state index < -0.39 is 0 Å². The molecule has 0 bridgehead atoms. The molecule has 2 aromatic rings. The maximum Gasteiger partial charge on any atom is 0.273 e. The number of aliphatic hydroxyl groups is 1. The average Bonchev–Trinajstić information content (AvgIpc) is 3.29. The molecule has 1 atom stereocenters. The molecular formula is C25H37N5O3. The summed E-state index contributed by atoms with van der Waals surface area (Å²) >= 11 is 0. The van der Waals surface area contributed by atoms with E-state index in [-0.39, 0.29) is 12.0 Å². The van der Waals surface area contributed by atoms with Crippen LogP contribution in [0, 0.1) is 5.92 Å². The van der Waals surface area contributed by atoms with Crippen molar-refractivity contribution < 1.29 is 14.3 Å². The molecule has 3 heterocycles. The van der Waals surface area contributed by atoms with E-state index in [2.05, 4.69) is 31.9 Å². The fourth-order valence-corrected chi connectivity index (χ4v) is 4.58. The molecule has 0 radical (unpaired) electrons. The molecule has 1 unspecified atom stereocenters. The largest absolute Gasteiger partial charge is 0.447 e. The monoisotopic (exact) mass is 455 g/mol. The number of nitrogens with one attached hydrogen (secondary N) is 1. The summed E-state index contributed by atoms with van der Waals surface area (Å²) in [4.78, 5) is 23.7. The van der Waals surface area contributed by atoms with E-state index >= 15 is 0 Å². The van der Waals surface area contributed by atoms with E-state index in [0.717, 1.165) is 63.8 Å². The zero-order valence-electron chi connectivity index (χ0n) is 19.7. The van der Waals surface area contributed by atoms with Crippen LogP contribution in [-0.4, -0.2) is 89.2 Å². The Hall–Kier alpha value is -2.26. The minimum Gasteiger partial charge on any atom is -0.447 e. The fraction of sp³-hybridized carbons (Fsp3) is 0.600. The summed E-state index contributed by atoms with van der Waals surface area (Å²) in [5, 5.41) is 13.4. The molecule has 0 spiro atoms. The number of aromatic nitrogens is 1. The van der Waals surface area contributed by atoms with E-state index in [1.54, 1.807) is 0 Å². The number of carbonyl (C=O) groups excluding carboxylic acids is 1. The van der Waals surface area contributed by atoms with Gasteiger partial charge in [0.15, 0.2) is 5.69 Å². The Morgan fingerprint density at radius 3 is 2.39 bits per heavy atom. The SMILES string of the molecule is CC1CCN(CC(O)CN2CCN(Cc3nc(C(=O)NCc4ccccc4)co3)CC2)CC1. The maximum atomic E-state index is 12.3. The topological polar surface area (TPSA) is 85.1 Å². The van der Waals surface area contributed by atoms with Gasteiger partial charge in [-0.15, -0.1) is 0 Å². The molecule has 8 heteroatoms. The predicted molar refractivity (Wildman–Crippen MR) is 127 cm³/mol. The third-order valence-electron chi connectivity index (χ3n) is 6.72. The molecule has 1 aromatic carbocycles.